The number of pyridine rings is 1. The van der Waals surface area contributed by atoms with E-state index in [2.05, 4.69) is 42.2 Å². The first-order valence-electron chi connectivity index (χ1n) is 12.2. The topological polar surface area (TPSA) is 51.7 Å². The van der Waals surface area contributed by atoms with Crippen molar-refractivity contribution in [1.82, 2.24) is 4.98 Å². The third-order valence-electron chi connectivity index (χ3n) is 5.43. The van der Waals surface area contributed by atoms with Gasteiger partial charge in [0.05, 0.1) is 19.3 Å². The molecule has 0 bridgehead atoms. The van der Waals surface area contributed by atoms with Crippen LogP contribution in [0.15, 0.2) is 48.7 Å². The number of rotatable bonds is 5. The fraction of sp³-hybridized carbons (Fsp3) is 0.400. The highest BCUT2D eigenvalue weighted by Crippen LogP contribution is 2.31. The van der Waals surface area contributed by atoms with Gasteiger partial charge in [0.15, 0.2) is 0 Å². The molecular formula is C30H40N2O3. The summed E-state index contributed by atoms with van der Waals surface area (Å²) in [7, 11) is 1.65. The fourth-order valence-corrected chi connectivity index (χ4v) is 3.79. The van der Waals surface area contributed by atoms with Crippen molar-refractivity contribution in [1.29, 1.82) is 0 Å². The quantitative estimate of drug-likeness (QED) is 0.375. The van der Waals surface area contributed by atoms with Crippen LogP contribution in [0.2, 0.25) is 0 Å². The van der Waals surface area contributed by atoms with Gasteiger partial charge < -0.3 is 9.47 Å². The van der Waals surface area contributed by atoms with Crippen molar-refractivity contribution in [2.24, 2.45) is 0 Å². The van der Waals surface area contributed by atoms with Crippen LogP contribution in [0.5, 0.6) is 5.75 Å². The van der Waals surface area contributed by atoms with Gasteiger partial charge in [0.25, 0.3) is 0 Å². The van der Waals surface area contributed by atoms with Crippen molar-refractivity contribution >= 4 is 11.8 Å². The first-order chi connectivity index (χ1) is 16.5. The largest absolute Gasteiger partial charge is 0.496 e. The Morgan fingerprint density at radius 1 is 0.914 bits per heavy atom. The molecule has 0 fully saturated rings. The minimum Gasteiger partial charge on any atom is -0.496 e. The van der Waals surface area contributed by atoms with E-state index in [-0.39, 0.29) is 6.54 Å². The molecule has 2 aromatic carbocycles. The second-order valence-corrected chi connectivity index (χ2v) is 9.54. The molecule has 0 saturated carbocycles. The summed E-state index contributed by atoms with van der Waals surface area (Å²) in [5.41, 5.74) is 7.19. The summed E-state index contributed by atoms with van der Waals surface area (Å²) in [6.07, 6.45) is 1.37. The molecule has 3 aromatic rings. The fourth-order valence-electron chi connectivity index (χ4n) is 3.79. The highest BCUT2D eigenvalue weighted by atomic mass is 16.6. The molecule has 0 N–H and O–H groups in total. The van der Waals surface area contributed by atoms with E-state index in [0.29, 0.717) is 0 Å². The van der Waals surface area contributed by atoms with Gasteiger partial charge in [-0.15, -0.1) is 0 Å². The van der Waals surface area contributed by atoms with E-state index >= 15 is 0 Å². The minimum absolute atomic E-state index is 0.272. The molecule has 5 nitrogen and oxygen atoms in total. The molecule has 0 aliphatic heterocycles. The molecule has 35 heavy (non-hydrogen) atoms. The van der Waals surface area contributed by atoms with Crippen LogP contribution >= 0.6 is 0 Å². The van der Waals surface area contributed by atoms with Gasteiger partial charge >= 0.3 is 6.09 Å². The number of methoxy groups -OCH3 is 1. The standard InChI is InChI=1S/C28H34N2O3.C2H6/c1-18-9-11-22(12-10-18)23-13-19(2)14-24(15-23)30(27(31)33-28(5,6)7)17-25-21(4)26(32-8)20(3)16-29-25;1-2/h9-16H,17H2,1-8H3;1-2H3. The van der Waals surface area contributed by atoms with E-state index in [0.717, 1.165) is 44.9 Å². The normalized spacial score (nSPS) is 10.8. The number of ether oxygens (including phenoxy) is 2. The summed E-state index contributed by atoms with van der Waals surface area (Å²) in [6, 6.07) is 14.5. The smallest absolute Gasteiger partial charge is 0.415 e. The van der Waals surface area contributed by atoms with Crippen molar-refractivity contribution in [2.45, 2.75) is 74.5 Å². The zero-order valence-electron chi connectivity index (χ0n) is 22.9. The lowest BCUT2D eigenvalue weighted by atomic mass is 10.0. The molecule has 0 atom stereocenters. The molecule has 5 heteroatoms. The van der Waals surface area contributed by atoms with Crippen molar-refractivity contribution in [2.75, 3.05) is 12.0 Å². The maximum absolute atomic E-state index is 13.3. The van der Waals surface area contributed by atoms with Gasteiger partial charge in [-0.1, -0.05) is 49.7 Å². The lowest BCUT2D eigenvalue weighted by molar-refractivity contribution is 0.0577. The summed E-state index contributed by atoms with van der Waals surface area (Å²) >= 11 is 0. The van der Waals surface area contributed by atoms with E-state index in [9.17, 15) is 4.79 Å². The van der Waals surface area contributed by atoms with Gasteiger partial charge in [-0.2, -0.15) is 0 Å². The molecule has 188 valence electrons. The minimum atomic E-state index is -0.619. The van der Waals surface area contributed by atoms with Crippen molar-refractivity contribution in [3.63, 3.8) is 0 Å². The van der Waals surface area contributed by atoms with Crippen LogP contribution in [0, 0.1) is 27.7 Å². The molecule has 0 unspecified atom stereocenters. The summed E-state index contributed by atoms with van der Waals surface area (Å²) in [5, 5.41) is 0. The van der Waals surface area contributed by atoms with Crippen molar-refractivity contribution in [3.05, 3.63) is 76.6 Å². The molecular weight excluding hydrogens is 436 g/mol. The van der Waals surface area contributed by atoms with Crippen LogP contribution in [0.3, 0.4) is 0 Å². The monoisotopic (exact) mass is 476 g/mol. The second-order valence-electron chi connectivity index (χ2n) is 9.54. The SMILES string of the molecule is CC.COc1c(C)cnc(CN(C(=O)OC(C)(C)C)c2cc(C)cc(-c3ccc(C)cc3)c2)c1C. The predicted octanol–water partition coefficient (Wildman–Crippen LogP) is 7.96. The van der Waals surface area contributed by atoms with Gasteiger partial charge in [0.1, 0.15) is 11.4 Å². The molecule has 0 spiro atoms. The highest BCUT2D eigenvalue weighted by molar-refractivity contribution is 5.89. The second kappa shape index (κ2) is 11.9. The third kappa shape index (κ3) is 7.32. The first-order valence-corrected chi connectivity index (χ1v) is 12.2. The molecule has 0 radical (unpaired) electrons. The number of aryl methyl sites for hydroxylation is 3. The summed E-state index contributed by atoms with van der Waals surface area (Å²) in [6.45, 7) is 17.9. The van der Waals surface area contributed by atoms with Crippen LogP contribution in [0.25, 0.3) is 11.1 Å². The molecule has 1 heterocycles. The Bertz CT molecular complexity index is 1150. The van der Waals surface area contributed by atoms with Gasteiger partial charge in [0.2, 0.25) is 0 Å². The number of anilines is 1. The third-order valence-corrected chi connectivity index (χ3v) is 5.43. The average Bonchev–Trinajstić information content (AvgIpc) is 2.79. The summed E-state index contributed by atoms with van der Waals surface area (Å²) < 4.78 is 11.4. The summed E-state index contributed by atoms with van der Waals surface area (Å²) in [5.74, 6) is 0.786. The maximum Gasteiger partial charge on any atom is 0.415 e. The zero-order chi connectivity index (χ0) is 26.3. The Hall–Kier alpha value is -3.34. The van der Waals surface area contributed by atoms with E-state index < -0.39 is 11.7 Å². The van der Waals surface area contributed by atoms with Crippen LogP contribution < -0.4 is 9.64 Å². The zero-order valence-corrected chi connectivity index (χ0v) is 22.9. The van der Waals surface area contributed by atoms with Crippen LogP contribution in [-0.2, 0) is 11.3 Å². The predicted molar refractivity (Wildman–Crippen MR) is 145 cm³/mol. The Kier molecular flexibility index (Phi) is 9.47. The number of aromatic nitrogens is 1. The Balaban J connectivity index is 0.00000210. The van der Waals surface area contributed by atoms with E-state index in [1.165, 1.54) is 5.56 Å². The van der Waals surface area contributed by atoms with Gasteiger partial charge in [-0.05, 0) is 77.3 Å². The lowest BCUT2D eigenvalue weighted by Gasteiger charge is -2.28. The Morgan fingerprint density at radius 3 is 2.11 bits per heavy atom. The van der Waals surface area contributed by atoms with Crippen molar-refractivity contribution < 1.29 is 14.3 Å². The van der Waals surface area contributed by atoms with Gasteiger partial charge in [0, 0.05) is 23.0 Å². The molecule has 1 amide bonds. The average molecular weight is 477 g/mol. The van der Waals surface area contributed by atoms with E-state index in [4.69, 9.17) is 9.47 Å². The van der Waals surface area contributed by atoms with E-state index in [1.54, 1.807) is 18.2 Å². The summed E-state index contributed by atoms with van der Waals surface area (Å²) in [4.78, 5) is 19.6. The first kappa shape index (κ1) is 27.9. The van der Waals surface area contributed by atoms with Gasteiger partial charge in [-0.3, -0.25) is 9.88 Å². The lowest BCUT2D eigenvalue weighted by Crippen LogP contribution is -2.37. The number of hydrogen-bond acceptors (Lipinski definition) is 4. The van der Waals surface area contributed by atoms with Crippen molar-refractivity contribution in [3.8, 4) is 16.9 Å². The highest BCUT2D eigenvalue weighted by Gasteiger charge is 2.26. The Morgan fingerprint density at radius 2 is 1.54 bits per heavy atom. The number of carbonyl (C=O) groups is 1. The molecule has 0 aliphatic carbocycles. The van der Waals surface area contributed by atoms with E-state index in [1.807, 2.05) is 67.5 Å². The molecule has 0 saturated heterocycles. The number of amides is 1. The molecule has 0 aliphatic rings. The number of nitrogens with zero attached hydrogens (tertiary/aromatic N) is 2. The van der Waals surface area contributed by atoms with Crippen LogP contribution in [0.1, 0.15) is 62.6 Å². The molecule has 3 rings (SSSR count). The van der Waals surface area contributed by atoms with Crippen LogP contribution in [-0.4, -0.2) is 23.8 Å². The number of hydrogen-bond donors (Lipinski definition) is 0. The molecule has 1 aromatic heterocycles. The van der Waals surface area contributed by atoms with Gasteiger partial charge in [-0.25, -0.2) is 4.79 Å². The maximum atomic E-state index is 13.3. The van der Waals surface area contributed by atoms with Crippen LogP contribution in [0.4, 0.5) is 10.5 Å². The Labute approximate surface area is 211 Å². The number of carbonyl (C=O) groups excluding carboxylic acids is 1. The number of benzene rings is 2.